The molecule has 0 spiro atoms. The van der Waals surface area contributed by atoms with Crippen molar-refractivity contribution in [3.05, 3.63) is 34.9 Å². The van der Waals surface area contributed by atoms with Crippen LogP contribution in [0.2, 0.25) is 0 Å². The molecular formula is C24H38O3. The summed E-state index contributed by atoms with van der Waals surface area (Å²) >= 11 is 0. The molecule has 0 aromatic carbocycles. The zero-order chi connectivity index (χ0) is 19.9. The fraction of sp³-hybridized carbons (Fsp3) is 0.708. The summed E-state index contributed by atoms with van der Waals surface area (Å²) in [7, 11) is 1.68. The Kier molecular flexibility index (Phi) is 8.50. The average molecular weight is 375 g/mol. The molecule has 0 radical (unpaired) electrons. The first-order valence-corrected chi connectivity index (χ1v) is 10.5. The Morgan fingerprint density at radius 3 is 2.52 bits per heavy atom. The van der Waals surface area contributed by atoms with Crippen LogP contribution in [-0.2, 0) is 14.3 Å². The second-order valence-corrected chi connectivity index (χ2v) is 8.73. The average Bonchev–Trinajstić information content (AvgIpc) is 2.95. The molecule has 152 valence electrons. The van der Waals surface area contributed by atoms with Gasteiger partial charge in [-0.3, -0.25) is 4.79 Å². The monoisotopic (exact) mass is 374 g/mol. The van der Waals surface area contributed by atoms with Crippen molar-refractivity contribution in [3.63, 3.8) is 0 Å². The van der Waals surface area contributed by atoms with Crippen LogP contribution in [0.5, 0.6) is 0 Å². The molecule has 0 N–H and O–H groups in total. The molecule has 0 aromatic heterocycles. The lowest BCUT2D eigenvalue weighted by Gasteiger charge is -2.36. The maximum Gasteiger partial charge on any atom is 0.158 e. The second-order valence-electron chi connectivity index (χ2n) is 8.73. The highest BCUT2D eigenvalue weighted by atomic mass is 16.7. The zero-order valence-electron chi connectivity index (χ0n) is 18.0. The van der Waals surface area contributed by atoms with Gasteiger partial charge in [0, 0.05) is 18.9 Å². The smallest absolute Gasteiger partial charge is 0.158 e. The summed E-state index contributed by atoms with van der Waals surface area (Å²) in [5.74, 6) is 0.829. The number of hydrogen-bond donors (Lipinski definition) is 0. The van der Waals surface area contributed by atoms with Gasteiger partial charge in [-0.2, -0.15) is 0 Å². The van der Waals surface area contributed by atoms with E-state index < -0.39 is 0 Å². The number of fused-ring (bicyclic) bond motifs is 1. The van der Waals surface area contributed by atoms with Gasteiger partial charge in [0.1, 0.15) is 6.79 Å². The predicted molar refractivity (Wildman–Crippen MR) is 112 cm³/mol. The van der Waals surface area contributed by atoms with Crippen molar-refractivity contribution in [2.45, 2.75) is 85.2 Å². The van der Waals surface area contributed by atoms with Gasteiger partial charge in [0.05, 0.1) is 6.10 Å². The number of methoxy groups -OCH3 is 1. The molecule has 1 unspecified atom stereocenters. The highest BCUT2D eigenvalue weighted by Crippen LogP contribution is 2.49. The Labute approximate surface area is 165 Å². The number of ketones is 1. The molecule has 3 nitrogen and oxygen atoms in total. The van der Waals surface area contributed by atoms with Gasteiger partial charge in [0.2, 0.25) is 0 Å². The molecule has 1 fully saturated rings. The van der Waals surface area contributed by atoms with Crippen molar-refractivity contribution in [3.8, 4) is 0 Å². The zero-order valence-corrected chi connectivity index (χ0v) is 18.0. The molecule has 0 amide bonds. The molecule has 0 heterocycles. The van der Waals surface area contributed by atoms with Crippen LogP contribution < -0.4 is 0 Å². The van der Waals surface area contributed by atoms with Gasteiger partial charge in [-0.15, -0.1) is 0 Å². The number of Topliss-reactive ketones (excluding diaryl/α,β-unsaturated/α-hetero) is 1. The first kappa shape index (κ1) is 22.1. The minimum Gasteiger partial charge on any atom is -0.359 e. The molecule has 0 aromatic rings. The Morgan fingerprint density at radius 1 is 1.04 bits per heavy atom. The number of rotatable bonds is 3. The summed E-state index contributed by atoms with van der Waals surface area (Å²) < 4.78 is 11.2. The maximum atomic E-state index is 12.5. The number of carbonyl (C=O) groups excluding carboxylic acids is 1. The third kappa shape index (κ3) is 6.15. The molecule has 27 heavy (non-hydrogen) atoms. The Balaban J connectivity index is 2.25. The largest absolute Gasteiger partial charge is 0.359 e. The first-order valence-electron chi connectivity index (χ1n) is 10.5. The van der Waals surface area contributed by atoms with Crippen LogP contribution in [-0.4, -0.2) is 25.8 Å². The van der Waals surface area contributed by atoms with Crippen LogP contribution in [0.4, 0.5) is 0 Å². The predicted octanol–water partition coefficient (Wildman–Crippen LogP) is 6.15. The molecule has 2 aliphatic carbocycles. The molecule has 1 saturated carbocycles. The summed E-state index contributed by atoms with van der Waals surface area (Å²) in [6, 6.07) is 0. The summed E-state index contributed by atoms with van der Waals surface area (Å²) in [5, 5.41) is 0. The van der Waals surface area contributed by atoms with Gasteiger partial charge in [-0.05, 0) is 77.2 Å². The normalized spacial score (nSPS) is 37.1. The van der Waals surface area contributed by atoms with Crippen molar-refractivity contribution in [2.75, 3.05) is 13.9 Å². The summed E-state index contributed by atoms with van der Waals surface area (Å²) in [6.45, 7) is 9.09. The fourth-order valence-corrected chi connectivity index (χ4v) is 4.47. The molecule has 0 bridgehead atoms. The van der Waals surface area contributed by atoms with E-state index in [-0.39, 0.29) is 11.5 Å². The number of carbonyl (C=O) groups is 1. The van der Waals surface area contributed by atoms with Crippen LogP contribution in [0.25, 0.3) is 0 Å². The molecule has 0 saturated heterocycles. The van der Waals surface area contributed by atoms with E-state index in [1.165, 1.54) is 11.1 Å². The Morgan fingerprint density at radius 2 is 1.78 bits per heavy atom. The lowest BCUT2D eigenvalue weighted by Crippen LogP contribution is -2.34. The third-order valence-electron chi connectivity index (χ3n) is 6.65. The third-order valence-corrected chi connectivity index (χ3v) is 6.65. The lowest BCUT2D eigenvalue weighted by atomic mass is 9.73. The van der Waals surface area contributed by atoms with E-state index in [1.807, 2.05) is 6.92 Å². The first-order chi connectivity index (χ1) is 12.9. The SMILES string of the molecule is COCOC1CC[C@@H]2C/C=C(\C)C(=O)CC/C(C)=C/CC/C(C)=C/C[C@]12C. The van der Waals surface area contributed by atoms with Crippen LogP contribution in [0.15, 0.2) is 34.9 Å². The topological polar surface area (TPSA) is 35.5 Å². The number of hydrogen-bond acceptors (Lipinski definition) is 3. The molecule has 3 atom stereocenters. The second kappa shape index (κ2) is 10.4. The highest BCUT2D eigenvalue weighted by Gasteiger charge is 2.46. The van der Waals surface area contributed by atoms with Crippen LogP contribution in [0.1, 0.15) is 79.1 Å². The standard InChI is InChI=1S/C24H38O3/c1-18-7-6-8-19(2)15-16-24(4)21(12-14-23(24)27-17-26-5)11-10-20(3)22(25)13-9-18/h7,10,15,21,23H,6,8-9,11-14,16-17H2,1-5H3/b18-7+,19-15+,20-10+/t21-,23?,24-/m0/s1. The maximum absolute atomic E-state index is 12.5. The Bertz CT molecular complexity index is 599. The fourth-order valence-electron chi connectivity index (χ4n) is 4.47. The number of ether oxygens (including phenoxy) is 2. The van der Waals surface area contributed by atoms with Gasteiger partial charge in [-0.1, -0.05) is 36.3 Å². The molecular weight excluding hydrogens is 336 g/mol. The van der Waals surface area contributed by atoms with E-state index in [0.29, 0.717) is 24.9 Å². The van der Waals surface area contributed by atoms with E-state index in [4.69, 9.17) is 9.47 Å². The lowest BCUT2D eigenvalue weighted by molar-refractivity contribution is -0.115. The van der Waals surface area contributed by atoms with Crippen molar-refractivity contribution in [2.24, 2.45) is 11.3 Å². The summed E-state index contributed by atoms with van der Waals surface area (Å²) in [4.78, 5) is 12.5. The van der Waals surface area contributed by atoms with Gasteiger partial charge in [0.15, 0.2) is 5.78 Å². The van der Waals surface area contributed by atoms with E-state index in [2.05, 4.69) is 39.0 Å². The van der Waals surface area contributed by atoms with Crippen molar-refractivity contribution in [1.82, 2.24) is 0 Å². The van der Waals surface area contributed by atoms with E-state index >= 15 is 0 Å². The van der Waals surface area contributed by atoms with Crippen LogP contribution in [0, 0.1) is 11.3 Å². The van der Waals surface area contributed by atoms with Gasteiger partial charge in [0.25, 0.3) is 0 Å². The minimum atomic E-state index is 0.0888. The molecule has 2 rings (SSSR count). The number of allylic oxidation sites excluding steroid dienone is 6. The minimum absolute atomic E-state index is 0.0888. The highest BCUT2D eigenvalue weighted by molar-refractivity contribution is 5.94. The molecule has 0 aliphatic heterocycles. The van der Waals surface area contributed by atoms with Crippen LogP contribution in [0.3, 0.4) is 0 Å². The van der Waals surface area contributed by atoms with E-state index in [0.717, 1.165) is 50.5 Å². The van der Waals surface area contributed by atoms with E-state index in [9.17, 15) is 4.79 Å². The van der Waals surface area contributed by atoms with Gasteiger partial charge < -0.3 is 9.47 Å². The van der Waals surface area contributed by atoms with Crippen LogP contribution >= 0.6 is 0 Å². The molecule has 3 heteroatoms. The van der Waals surface area contributed by atoms with Gasteiger partial charge in [-0.25, -0.2) is 0 Å². The summed E-state index contributed by atoms with van der Waals surface area (Å²) in [5.41, 5.74) is 3.80. The van der Waals surface area contributed by atoms with Crippen molar-refractivity contribution in [1.29, 1.82) is 0 Å². The quantitative estimate of drug-likeness (QED) is 0.439. The molecule has 2 aliphatic rings. The van der Waals surface area contributed by atoms with Gasteiger partial charge >= 0.3 is 0 Å². The summed E-state index contributed by atoms with van der Waals surface area (Å²) in [6.07, 6.45) is 15.0. The van der Waals surface area contributed by atoms with E-state index in [1.54, 1.807) is 7.11 Å². The Hall–Kier alpha value is -1.19. The van der Waals surface area contributed by atoms with Crippen molar-refractivity contribution < 1.29 is 14.3 Å². The van der Waals surface area contributed by atoms with Crippen molar-refractivity contribution >= 4 is 5.78 Å².